The van der Waals surface area contributed by atoms with Crippen LogP contribution >= 0.6 is 0 Å². The second-order valence-electron chi connectivity index (χ2n) is 9.04. The van der Waals surface area contributed by atoms with E-state index in [0.29, 0.717) is 11.6 Å². The van der Waals surface area contributed by atoms with Gasteiger partial charge in [0.2, 0.25) is 11.9 Å². The van der Waals surface area contributed by atoms with E-state index in [-0.39, 0.29) is 12.0 Å². The summed E-state index contributed by atoms with van der Waals surface area (Å²) in [6.45, 7) is 1.67. The molecule has 1 saturated heterocycles. The van der Waals surface area contributed by atoms with Crippen molar-refractivity contribution < 1.29 is 4.74 Å². The van der Waals surface area contributed by atoms with E-state index in [2.05, 4.69) is 69.7 Å². The summed E-state index contributed by atoms with van der Waals surface area (Å²) in [5.74, 6) is 2.45. The Balaban J connectivity index is 1.29. The van der Waals surface area contributed by atoms with Crippen molar-refractivity contribution in [3.8, 4) is 17.0 Å². The lowest BCUT2D eigenvalue weighted by Gasteiger charge is -2.34. The Kier molecular flexibility index (Phi) is 5.79. The first-order valence-electron chi connectivity index (χ1n) is 12.2. The SMILES string of the molecule is CNc1nccc(-c2cc(NC3CCN(c4nc(N)nc5nc[nH]c45)CC3)c3cc(OC)ccc3c2)n1. The number of fused-ring (bicyclic) bond motifs is 2. The smallest absolute Gasteiger partial charge is 0.224 e. The summed E-state index contributed by atoms with van der Waals surface area (Å²) in [4.78, 5) is 27.2. The monoisotopic (exact) mass is 496 g/mol. The van der Waals surface area contributed by atoms with Crippen LogP contribution in [0.15, 0.2) is 48.9 Å². The molecule has 5 aromatic rings. The molecule has 6 rings (SSSR count). The summed E-state index contributed by atoms with van der Waals surface area (Å²) in [6.07, 6.45) is 5.27. The van der Waals surface area contributed by atoms with Gasteiger partial charge in [-0.3, -0.25) is 0 Å². The molecule has 11 nitrogen and oxygen atoms in total. The van der Waals surface area contributed by atoms with Crippen LogP contribution in [0.5, 0.6) is 5.75 Å². The fourth-order valence-electron chi connectivity index (χ4n) is 4.89. The van der Waals surface area contributed by atoms with Crippen molar-refractivity contribution in [1.82, 2.24) is 29.9 Å². The van der Waals surface area contributed by atoms with E-state index in [4.69, 9.17) is 10.5 Å². The molecule has 3 aromatic heterocycles. The van der Waals surface area contributed by atoms with Gasteiger partial charge in [0, 0.05) is 49.0 Å². The highest BCUT2D eigenvalue weighted by atomic mass is 16.5. The van der Waals surface area contributed by atoms with E-state index in [9.17, 15) is 0 Å². The van der Waals surface area contributed by atoms with Gasteiger partial charge < -0.3 is 31.0 Å². The summed E-state index contributed by atoms with van der Waals surface area (Å²) >= 11 is 0. The lowest BCUT2D eigenvalue weighted by Crippen LogP contribution is -2.39. The molecule has 1 aliphatic heterocycles. The molecule has 1 aliphatic rings. The minimum Gasteiger partial charge on any atom is -0.497 e. The molecule has 5 N–H and O–H groups in total. The third-order valence-corrected chi connectivity index (χ3v) is 6.77. The predicted octanol–water partition coefficient (Wildman–Crippen LogP) is 3.68. The molecule has 0 bridgehead atoms. The van der Waals surface area contributed by atoms with Crippen LogP contribution in [-0.4, -0.2) is 63.2 Å². The van der Waals surface area contributed by atoms with Crippen LogP contribution in [0.4, 0.5) is 23.4 Å². The fraction of sp³-hybridized carbons (Fsp3) is 0.269. The van der Waals surface area contributed by atoms with Gasteiger partial charge in [-0.15, -0.1) is 0 Å². The summed E-state index contributed by atoms with van der Waals surface area (Å²) in [5, 5.41) is 9.05. The van der Waals surface area contributed by atoms with Gasteiger partial charge in [-0.2, -0.15) is 9.97 Å². The second kappa shape index (κ2) is 9.41. The standard InChI is InChI=1S/C26H28N10O/c1-28-26-29-8-5-20(33-26)16-11-15-3-4-18(37-2)13-19(15)21(12-16)32-17-6-9-36(10-7-17)24-22-23(31-14-30-22)34-25(27)35-24/h3-5,8,11-14,17,32H,6-7,9-10H2,1-2H3,(H,28,29,33)(H3,27,30,31,34,35). The number of anilines is 4. The molecule has 0 saturated carbocycles. The maximum absolute atomic E-state index is 5.94. The number of nitrogens with zero attached hydrogens (tertiary/aromatic N) is 6. The van der Waals surface area contributed by atoms with Crippen molar-refractivity contribution in [2.75, 3.05) is 48.5 Å². The molecular weight excluding hydrogens is 468 g/mol. The van der Waals surface area contributed by atoms with Crippen molar-refractivity contribution in [2.24, 2.45) is 0 Å². The van der Waals surface area contributed by atoms with E-state index in [1.807, 2.05) is 19.2 Å². The number of imidazole rings is 1. The lowest BCUT2D eigenvalue weighted by molar-refractivity contribution is 0.415. The Morgan fingerprint density at radius 3 is 2.73 bits per heavy atom. The van der Waals surface area contributed by atoms with Gasteiger partial charge in [-0.25, -0.2) is 15.0 Å². The number of aromatic nitrogens is 6. The maximum atomic E-state index is 5.94. The van der Waals surface area contributed by atoms with Crippen LogP contribution in [-0.2, 0) is 0 Å². The van der Waals surface area contributed by atoms with Crippen molar-refractivity contribution in [1.29, 1.82) is 0 Å². The third-order valence-electron chi connectivity index (χ3n) is 6.77. The van der Waals surface area contributed by atoms with Gasteiger partial charge in [0.25, 0.3) is 0 Å². The molecule has 188 valence electrons. The van der Waals surface area contributed by atoms with E-state index in [1.54, 1.807) is 19.6 Å². The van der Waals surface area contributed by atoms with Crippen molar-refractivity contribution >= 4 is 45.3 Å². The van der Waals surface area contributed by atoms with Crippen molar-refractivity contribution in [2.45, 2.75) is 18.9 Å². The summed E-state index contributed by atoms with van der Waals surface area (Å²) in [7, 11) is 3.51. The number of H-pyrrole nitrogens is 1. The minimum atomic E-state index is 0.234. The van der Waals surface area contributed by atoms with Gasteiger partial charge >= 0.3 is 0 Å². The first-order chi connectivity index (χ1) is 18.1. The first kappa shape index (κ1) is 22.8. The van der Waals surface area contributed by atoms with E-state index < -0.39 is 0 Å². The minimum absolute atomic E-state index is 0.234. The highest BCUT2D eigenvalue weighted by Gasteiger charge is 2.24. The highest BCUT2D eigenvalue weighted by molar-refractivity contribution is 5.98. The van der Waals surface area contributed by atoms with Crippen LogP contribution < -0.4 is 26.0 Å². The normalized spacial score (nSPS) is 14.3. The molecule has 0 atom stereocenters. The van der Waals surface area contributed by atoms with E-state index in [0.717, 1.165) is 70.7 Å². The van der Waals surface area contributed by atoms with Gasteiger partial charge in [0.1, 0.15) is 11.3 Å². The molecule has 4 heterocycles. The van der Waals surface area contributed by atoms with E-state index >= 15 is 0 Å². The van der Waals surface area contributed by atoms with Crippen molar-refractivity contribution in [3.05, 3.63) is 48.9 Å². The molecular formula is C26H28N10O. The number of nitrogens with one attached hydrogen (secondary N) is 3. The van der Waals surface area contributed by atoms with Crippen LogP contribution in [0.25, 0.3) is 33.2 Å². The average Bonchev–Trinajstić information content (AvgIpc) is 3.41. The van der Waals surface area contributed by atoms with Gasteiger partial charge in [0.05, 0.1) is 19.1 Å². The number of ether oxygens (including phenoxy) is 1. The van der Waals surface area contributed by atoms with Crippen molar-refractivity contribution in [3.63, 3.8) is 0 Å². The number of hydrogen-bond donors (Lipinski definition) is 4. The largest absolute Gasteiger partial charge is 0.497 e. The number of methoxy groups -OCH3 is 1. The van der Waals surface area contributed by atoms with E-state index in [1.165, 1.54) is 0 Å². The summed E-state index contributed by atoms with van der Waals surface area (Å²) < 4.78 is 5.52. The number of benzene rings is 2. The molecule has 0 radical (unpaired) electrons. The molecule has 0 amide bonds. The van der Waals surface area contributed by atoms with Crippen LogP contribution in [0.1, 0.15) is 12.8 Å². The number of rotatable bonds is 6. The number of aromatic amines is 1. The molecule has 0 spiro atoms. The quantitative estimate of drug-likeness (QED) is 0.275. The topological polar surface area (TPSA) is 143 Å². The van der Waals surface area contributed by atoms with Gasteiger partial charge in [-0.1, -0.05) is 6.07 Å². The predicted molar refractivity (Wildman–Crippen MR) is 146 cm³/mol. The van der Waals surface area contributed by atoms with Gasteiger partial charge in [-0.05, 0) is 48.6 Å². The summed E-state index contributed by atoms with van der Waals surface area (Å²) in [5.41, 5.74) is 10.3. The first-order valence-corrected chi connectivity index (χ1v) is 12.2. The maximum Gasteiger partial charge on any atom is 0.224 e. The second-order valence-corrected chi connectivity index (χ2v) is 9.04. The molecule has 0 unspecified atom stereocenters. The zero-order valence-corrected chi connectivity index (χ0v) is 20.7. The Morgan fingerprint density at radius 2 is 1.92 bits per heavy atom. The Hall–Kier alpha value is -4.67. The van der Waals surface area contributed by atoms with Gasteiger partial charge in [0.15, 0.2) is 11.5 Å². The number of nitrogens with two attached hydrogens (primary N) is 1. The molecule has 37 heavy (non-hydrogen) atoms. The zero-order valence-electron chi connectivity index (χ0n) is 20.7. The molecule has 1 fully saturated rings. The summed E-state index contributed by atoms with van der Waals surface area (Å²) in [6, 6.07) is 12.7. The molecule has 0 aliphatic carbocycles. The van der Waals surface area contributed by atoms with Crippen LogP contribution in [0, 0.1) is 0 Å². The van der Waals surface area contributed by atoms with Crippen LogP contribution in [0.3, 0.4) is 0 Å². The average molecular weight is 497 g/mol. The third kappa shape index (κ3) is 4.39. The fourth-order valence-corrected chi connectivity index (χ4v) is 4.89. The molecule has 11 heteroatoms. The highest BCUT2D eigenvalue weighted by Crippen LogP contribution is 2.34. The zero-order chi connectivity index (χ0) is 25.4. The number of hydrogen-bond acceptors (Lipinski definition) is 10. The Labute approximate surface area is 213 Å². The number of nitrogen functional groups attached to an aromatic ring is 1. The number of piperidine rings is 1. The lowest BCUT2D eigenvalue weighted by atomic mass is 9.99. The Morgan fingerprint density at radius 1 is 1.05 bits per heavy atom. The molecule has 2 aromatic carbocycles. The van der Waals surface area contributed by atoms with Crippen LogP contribution in [0.2, 0.25) is 0 Å². The Bertz CT molecular complexity index is 1580.